The van der Waals surface area contributed by atoms with Gasteiger partial charge in [0.25, 0.3) is 0 Å². The third kappa shape index (κ3) is 5.71. The van der Waals surface area contributed by atoms with Gasteiger partial charge in [-0.05, 0) is 59.2 Å². The molecule has 156 valence electrons. The maximum absolute atomic E-state index is 13.8. The van der Waals surface area contributed by atoms with E-state index in [0.717, 1.165) is 35.1 Å². The van der Waals surface area contributed by atoms with E-state index in [4.69, 9.17) is 4.65 Å². The Bertz CT molecular complexity index is 937. The molecule has 1 unspecified atom stereocenters. The van der Waals surface area contributed by atoms with Crippen molar-refractivity contribution in [2.45, 2.75) is 45.0 Å². The lowest BCUT2D eigenvalue weighted by Gasteiger charge is -2.28. The zero-order valence-corrected chi connectivity index (χ0v) is 17.4. The highest BCUT2D eigenvalue weighted by Gasteiger charge is 2.28. The minimum atomic E-state index is -0.802. The number of hydrogen-bond donors (Lipinski definition) is 2. The molecule has 0 amide bonds. The maximum Gasteiger partial charge on any atom is 0.458 e. The molecular formula is C25H28BFO3. The second kappa shape index (κ2) is 10.4. The van der Waals surface area contributed by atoms with Crippen molar-refractivity contribution in [3.8, 4) is 5.75 Å². The number of phenols is 1. The first-order valence-corrected chi connectivity index (χ1v) is 10.4. The van der Waals surface area contributed by atoms with Crippen LogP contribution in [0.3, 0.4) is 0 Å². The topological polar surface area (TPSA) is 49.7 Å². The molecule has 0 saturated heterocycles. The Balaban J connectivity index is 1.85. The molecule has 0 radical (unpaired) electrons. The van der Waals surface area contributed by atoms with Gasteiger partial charge in [-0.2, -0.15) is 0 Å². The summed E-state index contributed by atoms with van der Waals surface area (Å²) in [6.45, 7) is 6.32. The number of benzene rings is 2. The van der Waals surface area contributed by atoms with E-state index in [2.05, 4.69) is 13.5 Å². The predicted octanol–water partition coefficient (Wildman–Crippen LogP) is 6.01. The molecule has 1 aliphatic heterocycles. The first-order chi connectivity index (χ1) is 14.5. The lowest BCUT2D eigenvalue weighted by atomic mass is 9.77. The number of hydrogen-bond acceptors (Lipinski definition) is 3. The summed E-state index contributed by atoms with van der Waals surface area (Å²) in [5.74, 6) is -1.00. The fourth-order valence-electron chi connectivity index (χ4n) is 3.77. The summed E-state index contributed by atoms with van der Waals surface area (Å²) in [5, 5.41) is 19.5. The van der Waals surface area contributed by atoms with Crippen LogP contribution in [0.2, 0.25) is 6.32 Å². The van der Waals surface area contributed by atoms with Crippen molar-refractivity contribution in [3.63, 3.8) is 0 Å². The number of aromatic hydroxyl groups is 1. The van der Waals surface area contributed by atoms with Crippen LogP contribution in [0.1, 0.15) is 43.7 Å². The second-order valence-corrected chi connectivity index (χ2v) is 7.61. The van der Waals surface area contributed by atoms with Gasteiger partial charge in [0.15, 0.2) is 11.6 Å². The summed E-state index contributed by atoms with van der Waals surface area (Å²) in [5.41, 5.74) is 4.88. The average molecular weight is 406 g/mol. The van der Waals surface area contributed by atoms with Gasteiger partial charge in [0.05, 0.1) is 6.10 Å². The highest BCUT2D eigenvalue weighted by Crippen LogP contribution is 2.32. The van der Waals surface area contributed by atoms with Crippen LogP contribution in [0.5, 0.6) is 5.75 Å². The van der Waals surface area contributed by atoms with Gasteiger partial charge in [-0.25, -0.2) is 4.39 Å². The maximum atomic E-state index is 13.8. The summed E-state index contributed by atoms with van der Waals surface area (Å²) < 4.78 is 19.7. The predicted molar refractivity (Wildman–Crippen MR) is 121 cm³/mol. The second-order valence-electron chi connectivity index (χ2n) is 7.61. The van der Waals surface area contributed by atoms with E-state index in [9.17, 15) is 14.5 Å². The Morgan fingerprint density at radius 2 is 2.00 bits per heavy atom. The fourth-order valence-corrected chi connectivity index (χ4v) is 3.77. The Labute approximate surface area is 178 Å². The van der Waals surface area contributed by atoms with E-state index in [1.165, 1.54) is 12.1 Å². The SMILES string of the molecule is C=C(CCC)C1=CCB(O)OC1CC/C(=C/c1ccc(O)c(F)c1)c1ccccc1. The summed E-state index contributed by atoms with van der Waals surface area (Å²) in [4.78, 5) is 0. The minimum absolute atomic E-state index is 0.225. The number of rotatable bonds is 8. The molecule has 1 heterocycles. The number of phenolic OH excluding ortho intramolecular Hbond substituents is 1. The number of allylic oxidation sites excluding steroid dienone is 2. The number of halogens is 1. The third-order valence-corrected chi connectivity index (χ3v) is 5.30. The molecule has 0 aromatic heterocycles. The molecule has 5 heteroatoms. The van der Waals surface area contributed by atoms with Crippen LogP contribution in [0.4, 0.5) is 4.39 Å². The lowest BCUT2D eigenvalue weighted by Crippen LogP contribution is -2.31. The smallest absolute Gasteiger partial charge is 0.458 e. The van der Waals surface area contributed by atoms with Crippen LogP contribution in [0.15, 0.2) is 72.3 Å². The largest absolute Gasteiger partial charge is 0.505 e. The first kappa shape index (κ1) is 22.1. The van der Waals surface area contributed by atoms with Crippen molar-refractivity contribution in [2.75, 3.05) is 0 Å². The molecule has 2 aromatic carbocycles. The van der Waals surface area contributed by atoms with Crippen LogP contribution in [0.25, 0.3) is 11.6 Å². The normalized spacial score (nSPS) is 17.0. The van der Waals surface area contributed by atoms with Crippen molar-refractivity contribution >= 4 is 18.8 Å². The van der Waals surface area contributed by atoms with Crippen molar-refractivity contribution in [1.29, 1.82) is 0 Å². The Hall–Kier alpha value is -2.63. The molecule has 1 aliphatic rings. The highest BCUT2D eigenvalue weighted by molar-refractivity contribution is 6.43. The monoisotopic (exact) mass is 406 g/mol. The molecule has 2 N–H and O–H groups in total. The van der Waals surface area contributed by atoms with Gasteiger partial charge in [0.1, 0.15) is 0 Å². The van der Waals surface area contributed by atoms with E-state index in [1.807, 2.05) is 42.5 Å². The fraction of sp³-hybridized carbons (Fsp3) is 0.280. The van der Waals surface area contributed by atoms with E-state index < -0.39 is 12.9 Å². The molecule has 1 atom stereocenters. The standard InChI is InChI=1S/C25H28BFO3/c1-3-7-18(2)22-14-15-26(29)30-25(22)13-11-21(20-8-5-4-6-9-20)16-19-10-12-24(28)23(27)17-19/h4-6,8-10,12,14,16-17,25,28-29H,2-3,7,11,13,15H2,1H3/b21-16-. The van der Waals surface area contributed by atoms with Crippen LogP contribution < -0.4 is 0 Å². The van der Waals surface area contributed by atoms with Gasteiger partial charge in [-0.3, -0.25) is 0 Å². The van der Waals surface area contributed by atoms with E-state index >= 15 is 0 Å². The van der Waals surface area contributed by atoms with E-state index in [-0.39, 0.29) is 11.9 Å². The van der Waals surface area contributed by atoms with Crippen LogP contribution in [0, 0.1) is 5.82 Å². The van der Waals surface area contributed by atoms with Crippen molar-refractivity contribution in [1.82, 2.24) is 0 Å². The van der Waals surface area contributed by atoms with E-state index in [1.54, 1.807) is 6.07 Å². The summed E-state index contributed by atoms with van der Waals surface area (Å²) in [6.07, 6.45) is 7.48. The minimum Gasteiger partial charge on any atom is -0.505 e. The van der Waals surface area contributed by atoms with Gasteiger partial charge in [0.2, 0.25) is 0 Å². The lowest BCUT2D eigenvalue weighted by molar-refractivity contribution is 0.184. The Morgan fingerprint density at radius 3 is 2.70 bits per heavy atom. The first-order valence-electron chi connectivity index (χ1n) is 10.4. The molecule has 0 fully saturated rings. The molecule has 3 rings (SSSR count). The van der Waals surface area contributed by atoms with Gasteiger partial charge in [0, 0.05) is 6.32 Å². The molecule has 0 bridgehead atoms. The van der Waals surface area contributed by atoms with Crippen LogP contribution in [-0.4, -0.2) is 23.4 Å². The molecule has 30 heavy (non-hydrogen) atoms. The van der Waals surface area contributed by atoms with E-state index in [0.29, 0.717) is 24.7 Å². The van der Waals surface area contributed by atoms with Crippen molar-refractivity contribution in [3.05, 3.63) is 89.3 Å². The van der Waals surface area contributed by atoms with Crippen molar-refractivity contribution < 1.29 is 19.2 Å². The Morgan fingerprint density at radius 1 is 1.23 bits per heavy atom. The highest BCUT2D eigenvalue weighted by atomic mass is 19.1. The van der Waals surface area contributed by atoms with Gasteiger partial charge >= 0.3 is 7.12 Å². The zero-order chi connectivity index (χ0) is 21.5. The van der Waals surface area contributed by atoms with Crippen LogP contribution in [-0.2, 0) is 4.65 Å². The van der Waals surface area contributed by atoms with Crippen LogP contribution >= 0.6 is 0 Å². The van der Waals surface area contributed by atoms with Gasteiger partial charge in [-0.15, -0.1) is 0 Å². The molecule has 2 aromatic rings. The zero-order valence-electron chi connectivity index (χ0n) is 17.4. The molecule has 3 nitrogen and oxygen atoms in total. The molecule has 0 saturated carbocycles. The van der Waals surface area contributed by atoms with Gasteiger partial charge < -0.3 is 14.8 Å². The summed E-state index contributed by atoms with van der Waals surface area (Å²) in [6, 6.07) is 14.3. The third-order valence-electron chi connectivity index (χ3n) is 5.30. The van der Waals surface area contributed by atoms with Gasteiger partial charge in [-0.1, -0.05) is 68.5 Å². The molecule has 0 spiro atoms. The summed E-state index contributed by atoms with van der Waals surface area (Å²) in [7, 11) is -0.802. The summed E-state index contributed by atoms with van der Waals surface area (Å²) >= 11 is 0. The Kier molecular flexibility index (Phi) is 7.66. The molecular weight excluding hydrogens is 378 g/mol. The average Bonchev–Trinajstić information content (AvgIpc) is 2.74. The quantitative estimate of drug-likeness (QED) is 0.417. The van der Waals surface area contributed by atoms with Crippen molar-refractivity contribution in [2.24, 2.45) is 0 Å². The molecule has 0 aliphatic carbocycles.